The van der Waals surface area contributed by atoms with Crippen LogP contribution in [0, 0.1) is 0 Å². The molecule has 0 unspecified atom stereocenters. The summed E-state index contributed by atoms with van der Waals surface area (Å²) in [6.07, 6.45) is 0. The molecule has 0 amide bonds. The van der Waals surface area contributed by atoms with Gasteiger partial charge in [-0.15, -0.1) is 0 Å². The molecule has 0 aromatic heterocycles. The van der Waals surface area contributed by atoms with Crippen LogP contribution >= 0.6 is 0 Å². The molecule has 0 heterocycles. The van der Waals surface area contributed by atoms with Gasteiger partial charge in [0.05, 0.1) is 20.8 Å². The second-order valence-electron chi connectivity index (χ2n) is 2.59. The number of rotatable bonds is 5. The Morgan fingerprint density at radius 3 is 2.43 bits per heavy atom. The van der Waals surface area contributed by atoms with E-state index in [9.17, 15) is 0 Å². The van der Waals surface area contributed by atoms with Crippen LogP contribution in [0.5, 0.6) is 17.2 Å². The van der Waals surface area contributed by atoms with Crippen molar-refractivity contribution in [3.05, 3.63) is 18.2 Å². The summed E-state index contributed by atoms with van der Waals surface area (Å²) in [7, 11) is 3.14. The molecule has 0 radical (unpaired) electrons. The molecule has 4 nitrogen and oxygen atoms in total. The van der Waals surface area contributed by atoms with Crippen LogP contribution in [0.15, 0.2) is 18.2 Å². The van der Waals surface area contributed by atoms with Gasteiger partial charge in [-0.2, -0.15) is 0 Å². The van der Waals surface area contributed by atoms with E-state index in [-0.39, 0.29) is 13.2 Å². The maximum atomic E-state index is 8.57. The molecular formula is C10H14O4. The summed E-state index contributed by atoms with van der Waals surface area (Å²) in [6, 6.07) is 5.23. The van der Waals surface area contributed by atoms with Gasteiger partial charge in [0.25, 0.3) is 0 Å². The van der Waals surface area contributed by atoms with Crippen LogP contribution in [-0.4, -0.2) is 32.5 Å². The highest BCUT2D eigenvalue weighted by molar-refractivity contribution is 5.45. The SMILES string of the molecule is COc1ccc(OCCO)cc1OC. The number of benzene rings is 1. The molecule has 4 heteroatoms. The van der Waals surface area contributed by atoms with Crippen molar-refractivity contribution in [3.63, 3.8) is 0 Å². The van der Waals surface area contributed by atoms with Crippen LogP contribution < -0.4 is 14.2 Å². The van der Waals surface area contributed by atoms with Crippen molar-refractivity contribution < 1.29 is 19.3 Å². The zero-order valence-electron chi connectivity index (χ0n) is 8.32. The van der Waals surface area contributed by atoms with E-state index in [1.165, 1.54) is 0 Å². The lowest BCUT2D eigenvalue weighted by Gasteiger charge is -2.09. The lowest BCUT2D eigenvalue weighted by molar-refractivity contribution is 0.200. The highest BCUT2D eigenvalue weighted by atomic mass is 16.5. The Kier molecular flexibility index (Phi) is 4.07. The molecule has 0 aliphatic heterocycles. The largest absolute Gasteiger partial charge is 0.493 e. The molecule has 0 aliphatic rings. The Hall–Kier alpha value is -1.42. The Morgan fingerprint density at radius 1 is 1.14 bits per heavy atom. The van der Waals surface area contributed by atoms with E-state index in [4.69, 9.17) is 19.3 Å². The number of hydrogen-bond acceptors (Lipinski definition) is 4. The topological polar surface area (TPSA) is 47.9 Å². The molecule has 0 spiro atoms. The highest BCUT2D eigenvalue weighted by Gasteiger charge is 2.04. The Labute approximate surface area is 83.0 Å². The summed E-state index contributed by atoms with van der Waals surface area (Å²) in [4.78, 5) is 0. The molecule has 14 heavy (non-hydrogen) atoms. The van der Waals surface area contributed by atoms with E-state index in [0.717, 1.165) is 0 Å². The van der Waals surface area contributed by atoms with Crippen molar-refractivity contribution in [1.82, 2.24) is 0 Å². The normalized spacial score (nSPS) is 9.64. The molecule has 0 saturated heterocycles. The summed E-state index contributed by atoms with van der Waals surface area (Å²) >= 11 is 0. The van der Waals surface area contributed by atoms with Crippen molar-refractivity contribution in [2.45, 2.75) is 0 Å². The van der Waals surface area contributed by atoms with E-state index >= 15 is 0 Å². The minimum Gasteiger partial charge on any atom is -0.493 e. The smallest absolute Gasteiger partial charge is 0.164 e. The minimum absolute atomic E-state index is 0.00561. The molecule has 0 aliphatic carbocycles. The molecule has 0 fully saturated rings. The van der Waals surface area contributed by atoms with E-state index in [1.54, 1.807) is 32.4 Å². The first-order valence-electron chi connectivity index (χ1n) is 4.27. The Bertz CT molecular complexity index is 285. The third-order valence-electron chi connectivity index (χ3n) is 1.72. The molecule has 1 aromatic carbocycles. The van der Waals surface area contributed by atoms with Crippen LogP contribution in [-0.2, 0) is 0 Å². The second-order valence-corrected chi connectivity index (χ2v) is 2.59. The number of hydrogen-bond donors (Lipinski definition) is 1. The van der Waals surface area contributed by atoms with Gasteiger partial charge in [-0.05, 0) is 12.1 Å². The van der Waals surface area contributed by atoms with Gasteiger partial charge in [-0.3, -0.25) is 0 Å². The maximum absolute atomic E-state index is 8.57. The van der Waals surface area contributed by atoms with Gasteiger partial charge in [-0.1, -0.05) is 0 Å². The highest BCUT2D eigenvalue weighted by Crippen LogP contribution is 2.30. The number of aliphatic hydroxyl groups is 1. The van der Waals surface area contributed by atoms with Gasteiger partial charge >= 0.3 is 0 Å². The summed E-state index contributed by atoms with van der Waals surface area (Å²) in [5.74, 6) is 1.92. The van der Waals surface area contributed by atoms with Crippen molar-refractivity contribution >= 4 is 0 Å². The van der Waals surface area contributed by atoms with Gasteiger partial charge < -0.3 is 19.3 Å². The Morgan fingerprint density at radius 2 is 1.86 bits per heavy atom. The molecule has 78 valence electrons. The molecule has 0 bridgehead atoms. The van der Waals surface area contributed by atoms with E-state index in [0.29, 0.717) is 17.2 Å². The zero-order valence-corrected chi connectivity index (χ0v) is 8.32. The van der Waals surface area contributed by atoms with Crippen molar-refractivity contribution in [2.75, 3.05) is 27.4 Å². The van der Waals surface area contributed by atoms with Gasteiger partial charge in [0, 0.05) is 6.07 Å². The monoisotopic (exact) mass is 198 g/mol. The van der Waals surface area contributed by atoms with Gasteiger partial charge in [-0.25, -0.2) is 0 Å². The number of methoxy groups -OCH3 is 2. The van der Waals surface area contributed by atoms with Gasteiger partial charge in [0.15, 0.2) is 11.5 Å². The standard InChI is InChI=1S/C10H14O4/c1-12-9-4-3-8(14-6-5-11)7-10(9)13-2/h3-4,7,11H,5-6H2,1-2H3. The lowest BCUT2D eigenvalue weighted by Crippen LogP contribution is -2.01. The molecule has 1 aromatic rings. The van der Waals surface area contributed by atoms with Crippen LogP contribution in [0.1, 0.15) is 0 Å². The first-order chi connectivity index (χ1) is 6.81. The van der Waals surface area contributed by atoms with E-state index in [2.05, 4.69) is 0 Å². The van der Waals surface area contributed by atoms with Crippen LogP contribution in [0.2, 0.25) is 0 Å². The third kappa shape index (κ3) is 2.53. The first kappa shape index (κ1) is 10.7. The van der Waals surface area contributed by atoms with Crippen LogP contribution in [0.25, 0.3) is 0 Å². The zero-order chi connectivity index (χ0) is 10.4. The molecule has 1 rings (SSSR count). The Balaban J connectivity index is 2.79. The number of aliphatic hydroxyl groups excluding tert-OH is 1. The van der Waals surface area contributed by atoms with E-state index in [1.807, 2.05) is 0 Å². The fraction of sp³-hybridized carbons (Fsp3) is 0.400. The molecule has 0 saturated carbocycles. The van der Waals surface area contributed by atoms with Gasteiger partial charge in [0.2, 0.25) is 0 Å². The molecule has 1 N–H and O–H groups in total. The lowest BCUT2D eigenvalue weighted by atomic mass is 10.3. The predicted octanol–water partition coefficient (Wildman–Crippen LogP) is 1.07. The third-order valence-corrected chi connectivity index (χ3v) is 1.72. The average molecular weight is 198 g/mol. The first-order valence-corrected chi connectivity index (χ1v) is 4.27. The van der Waals surface area contributed by atoms with Crippen LogP contribution in [0.3, 0.4) is 0 Å². The summed E-state index contributed by atoms with van der Waals surface area (Å²) in [5.41, 5.74) is 0. The van der Waals surface area contributed by atoms with Crippen molar-refractivity contribution in [3.8, 4) is 17.2 Å². The molecule has 0 atom stereocenters. The van der Waals surface area contributed by atoms with Gasteiger partial charge in [0.1, 0.15) is 12.4 Å². The fourth-order valence-electron chi connectivity index (χ4n) is 1.07. The van der Waals surface area contributed by atoms with E-state index < -0.39 is 0 Å². The average Bonchev–Trinajstić information content (AvgIpc) is 2.25. The van der Waals surface area contributed by atoms with Crippen LogP contribution in [0.4, 0.5) is 0 Å². The number of ether oxygens (including phenoxy) is 3. The predicted molar refractivity (Wildman–Crippen MR) is 52.1 cm³/mol. The quantitative estimate of drug-likeness (QED) is 0.769. The summed E-state index contributed by atoms with van der Waals surface area (Å²) < 4.78 is 15.4. The second kappa shape index (κ2) is 5.34. The maximum Gasteiger partial charge on any atom is 0.164 e. The van der Waals surface area contributed by atoms with Crippen molar-refractivity contribution in [1.29, 1.82) is 0 Å². The summed E-state index contributed by atoms with van der Waals surface area (Å²) in [6.45, 7) is 0.268. The summed E-state index contributed by atoms with van der Waals surface area (Å²) in [5, 5.41) is 8.57. The molecular weight excluding hydrogens is 184 g/mol. The minimum atomic E-state index is -0.00561. The van der Waals surface area contributed by atoms with Crippen molar-refractivity contribution in [2.24, 2.45) is 0 Å². The fourth-order valence-corrected chi connectivity index (χ4v) is 1.07.